The molecule has 1 heterocycles. The van der Waals surface area contributed by atoms with Gasteiger partial charge in [-0.25, -0.2) is 4.79 Å². The predicted octanol–water partition coefficient (Wildman–Crippen LogP) is 2.44. The zero-order chi connectivity index (χ0) is 15.1. The number of methoxy groups -OCH3 is 1. The van der Waals surface area contributed by atoms with E-state index in [1.807, 2.05) is 24.3 Å². The minimum Gasteiger partial charge on any atom is -0.465 e. The van der Waals surface area contributed by atoms with Crippen LogP contribution < -0.4 is 5.32 Å². The molecular weight excluding hydrogens is 264 g/mol. The van der Waals surface area contributed by atoms with Gasteiger partial charge in [0.15, 0.2) is 0 Å². The Bertz CT molecular complexity index is 439. The fraction of sp³-hybridized carbons (Fsp3) is 0.588. The molecule has 4 heteroatoms. The second-order valence-electron chi connectivity index (χ2n) is 5.72. The molecule has 1 aromatic rings. The molecule has 0 spiro atoms. The average molecular weight is 290 g/mol. The van der Waals surface area contributed by atoms with E-state index in [1.165, 1.54) is 25.5 Å². The topological polar surface area (TPSA) is 41.6 Å². The standard InChI is InChI=1S/C17H26N2O2/c1-3-11-19(13-16-5-4-10-18-16)12-14-6-8-15(9-7-14)17(20)21-2/h6-9,16,18H,3-5,10-13H2,1-2H3. The highest BCUT2D eigenvalue weighted by molar-refractivity contribution is 5.89. The van der Waals surface area contributed by atoms with Crippen LogP contribution in [-0.4, -0.2) is 43.7 Å². The molecule has 2 rings (SSSR count). The van der Waals surface area contributed by atoms with Crippen LogP contribution in [0.1, 0.15) is 42.1 Å². The zero-order valence-electron chi connectivity index (χ0n) is 13.1. The number of nitrogens with one attached hydrogen (secondary N) is 1. The molecule has 1 aliphatic heterocycles. The number of carbonyl (C=O) groups is 1. The van der Waals surface area contributed by atoms with Crippen molar-refractivity contribution < 1.29 is 9.53 Å². The highest BCUT2D eigenvalue weighted by Gasteiger charge is 2.17. The summed E-state index contributed by atoms with van der Waals surface area (Å²) in [4.78, 5) is 13.9. The second kappa shape index (κ2) is 8.15. The first-order chi connectivity index (χ1) is 10.2. The maximum atomic E-state index is 11.4. The van der Waals surface area contributed by atoms with E-state index in [9.17, 15) is 4.79 Å². The number of benzene rings is 1. The largest absolute Gasteiger partial charge is 0.465 e. The highest BCUT2D eigenvalue weighted by Crippen LogP contribution is 2.12. The van der Waals surface area contributed by atoms with Crippen molar-refractivity contribution in [3.05, 3.63) is 35.4 Å². The molecule has 4 nitrogen and oxygen atoms in total. The summed E-state index contributed by atoms with van der Waals surface area (Å²) in [6.07, 6.45) is 3.73. The number of ether oxygens (including phenoxy) is 1. The summed E-state index contributed by atoms with van der Waals surface area (Å²) >= 11 is 0. The Hall–Kier alpha value is -1.39. The first kappa shape index (κ1) is 16.0. The Morgan fingerprint density at radius 3 is 2.71 bits per heavy atom. The number of esters is 1. The molecule has 0 radical (unpaired) electrons. The van der Waals surface area contributed by atoms with Crippen molar-refractivity contribution in [2.45, 2.75) is 38.8 Å². The molecule has 1 saturated heterocycles. The molecule has 116 valence electrons. The average Bonchev–Trinajstić information content (AvgIpc) is 3.00. The lowest BCUT2D eigenvalue weighted by Crippen LogP contribution is -2.37. The van der Waals surface area contributed by atoms with Gasteiger partial charge in [-0.3, -0.25) is 4.90 Å². The monoisotopic (exact) mass is 290 g/mol. The molecule has 0 amide bonds. The van der Waals surface area contributed by atoms with Crippen LogP contribution in [0.25, 0.3) is 0 Å². The fourth-order valence-electron chi connectivity index (χ4n) is 2.90. The fourth-order valence-corrected chi connectivity index (χ4v) is 2.90. The van der Waals surface area contributed by atoms with Crippen LogP contribution in [0.15, 0.2) is 24.3 Å². The predicted molar refractivity (Wildman–Crippen MR) is 84.4 cm³/mol. The molecule has 21 heavy (non-hydrogen) atoms. The van der Waals surface area contributed by atoms with Crippen LogP contribution in [-0.2, 0) is 11.3 Å². The highest BCUT2D eigenvalue weighted by atomic mass is 16.5. The lowest BCUT2D eigenvalue weighted by molar-refractivity contribution is 0.0600. The van der Waals surface area contributed by atoms with Crippen LogP contribution in [0, 0.1) is 0 Å². The van der Waals surface area contributed by atoms with Crippen LogP contribution in [0.5, 0.6) is 0 Å². The number of rotatable bonds is 7. The van der Waals surface area contributed by atoms with Gasteiger partial charge in [0.1, 0.15) is 0 Å². The third kappa shape index (κ3) is 4.83. The minimum absolute atomic E-state index is 0.276. The summed E-state index contributed by atoms with van der Waals surface area (Å²) in [7, 11) is 1.41. The van der Waals surface area contributed by atoms with Crippen molar-refractivity contribution in [1.82, 2.24) is 10.2 Å². The Labute approximate surface area is 127 Å². The van der Waals surface area contributed by atoms with E-state index in [-0.39, 0.29) is 5.97 Å². The van der Waals surface area contributed by atoms with Crippen LogP contribution in [0.4, 0.5) is 0 Å². The summed E-state index contributed by atoms with van der Waals surface area (Å²) < 4.78 is 4.73. The SMILES string of the molecule is CCCN(Cc1ccc(C(=O)OC)cc1)CC1CCCN1. The van der Waals surface area contributed by atoms with E-state index in [0.29, 0.717) is 11.6 Å². The van der Waals surface area contributed by atoms with E-state index in [1.54, 1.807) is 0 Å². The van der Waals surface area contributed by atoms with Gasteiger partial charge in [-0.2, -0.15) is 0 Å². The van der Waals surface area contributed by atoms with E-state index in [4.69, 9.17) is 4.74 Å². The molecule has 0 aliphatic carbocycles. The van der Waals surface area contributed by atoms with Gasteiger partial charge >= 0.3 is 5.97 Å². The van der Waals surface area contributed by atoms with Crippen molar-refractivity contribution in [2.75, 3.05) is 26.7 Å². The molecule has 1 N–H and O–H groups in total. The van der Waals surface area contributed by atoms with Crippen LogP contribution in [0.2, 0.25) is 0 Å². The molecule has 0 saturated carbocycles. The lowest BCUT2D eigenvalue weighted by atomic mass is 10.1. The second-order valence-corrected chi connectivity index (χ2v) is 5.72. The molecular formula is C17H26N2O2. The smallest absolute Gasteiger partial charge is 0.337 e. The maximum absolute atomic E-state index is 11.4. The third-order valence-electron chi connectivity index (χ3n) is 3.96. The first-order valence-corrected chi connectivity index (χ1v) is 7.86. The first-order valence-electron chi connectivity index (χ1n) is 7.86. The van der Waals surface area contributed by atoms with Crippen LogP contribution >= 0.6 is 0 Å². The van der Waals surface area contributed by atoms with Gasteiger partial charge in [0.05, 0.1) is 12.7 Å². The van der Waals surface area contributed by atoms with Gasteiger partial charge in [0.25, 0.3) is 0 Å². The molecule has 0 aromatic heterocycles. The molecule has 0 bridgehead atoms. The summed E-state index contributed by atoms with van der Waals surface area (Å²) in [6.45, 7) is 6.52. The van der Waals surface area contributed by atoms with Gasteiger partial charge in [0.2, 0.25) is 0 Å². The third-order valence-corrected chi connectivity index (χ3v) is 3.96. The van der Waals surface area contributed by atoms with Gasteiger partial charge in [-0.05, 0) is 50.0 Å². The Balaban J connectivity index is 1.93. The van der Waals surface area contributed by atoms with E-state index in [2.05, 4.69) is 17.1 Å². The number of carbonyl (C=O) groups excluding carboxylic acids is 1. The Morgan fingerprint density at radius 2 is 2.14 bits per heavy atom. The quantitative estimate of drug-likeness (QED) is 0.783. The number of hydrogen-bond acceptors (Lipinski definition) is 4. The summed E-state index contributed by atoms with van der Waals surface area (Å²) in [5, 5.41) is 3.56. The van der Waals surface area contributed by atoms with E-state index >= 15 is 0 Å². The van der Waals surface area contributed by atoms with Gasteiger partial charge in [0, 0.05) is 19.1 Å². The van der Waals surface area contributed by atoms with Crippen molar-refractivity contribution in [1.29, 1.82) is 0 Å². The van der Waals surface area contributed by atoms with E-state index < -0.39 is 0 Å². The van der Waals surface area contributed by atoms with Gasteiger partial charge in [-0.15, -0.1) is 0 Å². The van der Waals surface area contributed by atoms with Crippen molar-refractivity contribution in [2.24, 2.45) is 0 Å². The van der Waals surface area contributed by atoms with Crippen LogP contribution in [0.3, 0.4) is 0 Å². The number of hydrogen-bond donors (Lipinski definition) is 1. The minimum atomic E-state index is -0.276. The molecule has 1 fully saturated rings. The van der Waals surface area contributed by atoms with Gasteiger partial charge in [-0.1, -0.05) is 19.1 Å². The summed E-state index contributed by atoms with van der Waals surface area (Å²) in [6, 6.07) is 8.37. The summed E-state index contributed by atoms with van der Waals surface area (Å²) in [5.41, 5.74) is 1.86. The summed E-state index contributed by atoms with van der Waals surface area (Å²) in [5.74, 6) is -0.276. The van der Waals surface area contributed by atoms with Gasteiger partial charge < -0.3 is 10.1 Å². The molecule has 1 aliphatic rings. The van der Waals surface area contributed by atoms with E-state index in [0.717, 1.165) is 32.6 Å². The molecule has 1 atom stereocenters. The lowest BCUT2D eigenvalue weighted by Gasteiger charge is -2.25. The molecule has 1 unspecified atom stereocenters. The van der Waals surface area contributed by atoms with Crippen molar-refractivity contribution >= 4 is 5.97 Å². The Morgan fingerprint density at radius 1 is 1.38 bits per heavy atom. The van der Waals surface area contributed by atoms with Crippen molar-refractivity contribution in [3.8, 4) is 0 Å². The molecule has 1 aromatic carbocycles. The number of nitrogens with zero attached hydrogens (tertiary/aromatic N) is 1. The maximum Gasteiger partial charge on any atom is 0.337 e. The normalized spacial score (nSPS) is 18.1. The zero-order valence-corrected chi connectivity index (χ0v) is 13.1. The Kier molecular flexibility index (Phi) is 6.21. The van der Waals surface area contributed by atoms with Crippen molar-refractivity contribution in [3.63, 3.8) is 0 Å².